The first kappa shape index (κ1) is 15.6. The Hall–Kier alpha value is -1.45. The molecule has 106 valence electrons. The van der Waals surface area contributed by atoms with Gasteiger partial charge in [-0.1, -0.05) is 0 Å². The highest BCUT2D eigenvalue weighted by Gasteiger charge is 2.18. The van der Waals surface area contributed by atoms with Gasteiger partial charge in [0.1, 0.15) is 5.00 Å². The minimum atomic E-state index is -3.42. The van der Waals surface area contributed by atoms with Crippen LogP contribution < -0.4 is 5.32 Å². The van der Waals surface area contributed by atoms with E-state index in [9.17, 15) is 18.0 Å². The molecule has 19 heavy (non-hydrogen) atoms. The molecule has 0 atom stereocenters. The highest BCUT2D eigenvalue weighted by molar-refractivity contribution is 7.88. The molecule has 1 N–H and O–H groups in total. The molecule has 0 fully saturated rings. The van der Waals surface area contributed by atoms with E-state index in [0.717, 1.165) is 21.9 Å². The molecule has 1 aromatic heterocycles. The molecule has 1 aromatic rings. The lowest BCUT2D eigenvalue weighted by atomic mass is 10.3. The van der Waals surface area contributed by atoms with Crippen LogP contribution >= 0.6 is 11.3 Å². The zero-order valence-corrected chi connectivity index (χ0v) is 12.3. The molecule has 0 unspecified atom stereocenters. The van der Waals surface area contributed by atoms with Gasteiger partial charge in [-0.2, -0.15) is 4.31 Å². The Labute approximate surface area is 115 Å². The summed E-state index contributed by atoms with van der Waals surface area (Å²) in [6, 6.07) is 1.52. The summed E-state index contributed by atoms with van der Waals surface area (Å²) in [7, 11) is -0.888. The summed E-state index contributed by atoms with van der Waals surface area (Å²) < 4.78 is 27.8. The van der Waals surface area contributed by atoms with E-state index in [4.69, 9.17) is 0 Å². The molecule has 0 radical (unpaired) electrons. The number of carbonyl (C=O) groups is 2. The van der Waals surface area contributed by atoms with Gasteiger partial charge >= 0.3 is 5.97 Å². The van der Waals surface area contributed by atoms with Gasteiger partial charge in [0, 0.05) is 7.05 Å². The average Bonchev–Trinajstić information content (AvgIpc) is 2.74. The number of carbonyl (C=O) groups excluding carboxylic acids is 2. The fourth-order valence-electron chi connectivity index (χ4n) is 1.16. The first-order valence-electron chi connectivity index (χ1n) is 5.12. The van der Waals surface area contributed by atoms with Gasteiger partial charge in [0.05, 0.1) is 25.5 Å². The second-order valence-corrected chi connectivity index (χ2v) is 6.73. The maximum absolute atomic E-state index is 11.7. The van der Waals surface area contributed by atoms with Crippen molar-refractivity contribution in [3.63, 3.8) is 0 Å². The molecule has 1 amide bonds. The van der Waals surface area contributed by atoms with Crippen LogP contribution in [0.5, 0.6) is 0 Å². The molecule has 1 heterocycles. The summed E-state index contributed by atoms with van der Waals surface area (Å²) in [4.78, 5) is 23.1. The van der Waals surface area contributed by atoms with Crippen molar-refractivity contribution >= 4 is 38.2 Å². The van der Waals surface area contributed by atoms with Crippen molar-refractivity contribution < 1.29 is 22.7 Å². The van der Waals surface area contributed by atoms with Crippen LogP contribution in [0.3, 0.4) is 0 Å². The van der Waals surface area contributed by atoms with Crippen LogP contribution in [0.15, 0.2) is 11.4 Å². The van der Waals surface area contributed by atoms with Crippen molar-refractivity contribution in [2.24, 2.45) is 0 Å². The molecule has 0 aliphatic carbocycles. The number of esters is 1. The van der Waals surface area contributed by atoms with E-state index in [1.54, 1.807) is 5.38 Å². The lowest BCUT2D eigenvalue weighted by Crippen LogP contribution is -2.34. The van der Waals surface area contributed by atoms with E-state index in [1.807, 2.05) is 0 Å². The van der Waals surface area contributed by atoms with Crippen LogP contribution in [0.4, 0.5) is 5.00 Å². The summed E-state index contributed by atoms with van der Waals surface area (Å²) in [5.74, 6) is -1.09. The van der Waals surface area contributed by atoms with Gasteiger partial charge in [0.15, 0.2) is 0 Å². The number of sulfonamides is 1. The number of anilines is 1. The predicted molar refractivity (Wildman–Crippen MR) is 71.8 cm³/mol. The summed E-state index contributed by atoms with van der Waals surface area (Å²) in [6.45, 7) is -0.322. The van der Waals surface area contributed by atoms with Crippen LogP contribution in [0, 0.1) is 0 Å². The maximum Gasteiger partial charge on any atom is 0.340 e. The highest BCUT2D eigenvalue weighted by atomic mass is 32.2. The Balaban J connectivity index is 2.73. The van der Waals surface area contributed by atoms with E-state index in [2.05, 4.69) is 10.1 Å². The monoisotopic (exact) mass is 306 g/mol. The standard InChI is InChI=1S/C10H14N2O5S2/c1-12(19(3,15)16)6-8(13)11-9-7(4-5-18-9)10(14)17-2/h4-5H,6H2,1-3H3,(H,11,13). The molecule has 7 nitrogen and oxygen atoms in total. The van der Waals surface area contributed by atoms with Gasteiger partial charge in [0.25, 0.3) is 0 Å². The lowest BCUT2D eigenvalue weighted by molar-refractivity contribution is -0.116. The average molecular weight is 306 g/mol. The molecule has 0 bridgehead atoms. The molecule has 0 saturated carbocycles. The van der Waals surface area contributed by atoms with Gasteiger partial charge in [-0.15, -0.1) is 11.3 Å². The minimum absolute atomic E-state index is 0.239. The summed E-state index contributed by atoms with van der Waals surface area (Å²) in [5.41, 5.74) is 0.239. The number of nitrogens with one attached hydrogen (secondary N) is 1. The van der Waals surface area contributed by atoms with Crippen LogP contribution in [0.25, 0.3) is 0 Å². The first-order valence-corrected chi connectivity index (χ1v) is 7.85. The fraction of sp³-hybridized carbons (Fsp3) is 0.400. The van der Waals surface area contributed by atoms with Crippen molar-refractivity contribution in [3.8, 4) is 0 Å². The Morgan fingerprint density at radius 2 is 2.11 bits per heavy atom. The van der Waals surface area contributed by atoms with E-state index in [1.165, 1.54) is 20.2 Å². The first-order chi connectivity index (χ1) is 8.75. The third-order valence-electron chi connectivity index (χ3n) is 2.26. The Kier molecular flexibility index (Phi) is 5.04. The van der Waals surface area contributed by atoms with Crippen molar-refractivity contribution in [3.05, 3.63) is 17.0 Å². The number of likely N-dealkylation sites (N-methyl/N-ethyl adjacent to an activating group) is 1. The second kappa shape index (κ2) is 6.13. The van der Waals surface area contributed by atoms with E-state index in [-0.39, 0.29) is 12.1 Å². The molecule has 0 spiro atoms. The van der Waals surface area contributed by atoms with Crippen LogP contribution in [0.1, 0.15) is 10.4 Å². The van der Waals surface area contributed by atoms with Crippen LogP contribution in [-0.2, 0) is 19.6 Å². The normalized spacial score (nSPS) is 11.4. The second-order valence-electron chi connectivity index (χ2n) is 3.72. The van der Waals surface area contributed by atoms with Crippen molar-refractivity contribution in [1.29, 1.82) is 0 Å². The van der Waals surface area contributed by atoms with Crippen molar-refractivity contribution in [1.82, 2.24) is 4.31 Å². The van der Waals surface area contributed by atoms with E-state index < -0.39 is 21.9 Å². The molecule has 0 saturated heterocycles. The van der Waals surface area contributed by atoms with Gasteiger partial charge < -0.3 is 10.1 Å². The molecule has 0 aromatic carbocycles. The third kappa shape index (κ3) is 4.30. The van der Waals surface area contributed by atoms with Gasteiger partial charge in [-0.25, -0.2) is 13.2 Å². The van der Waals surface area contributed by atoms with Crippen molar-refractivity contribution in [2.75, 3.05) is 32.3 Å². The predicted octanol–water partition coefficient (Wildman–Crippen LogP) is 0.365. The highest BCUT2D eigenvalue weighted by Crippen LogP contribution is 2.23. The minimum Gasteiger partial charge on any atom is -0.465 e. The largest absolute Gasteiger partial charge is 0.465 e. The third-order valence-corrected chi connectivity index (χ3v) is 4.35. The quantitative estimate of drug-likeness (QED) is 0.793. The van der Waals surface area contributed by atoms with E-state index in [0.29, 0.717) is 5.00 Å². The number of ether oxygens (including phenoxy) is 1. The topological polar surface area (TPSA) is 92.8 Å². The summed E-state index contributed by atoms with van der Waals surface area (Å²) >= 11 is 1.16. The number of amides is 1. The van der Waals surface area contributed by atoms with Gasteiger partial charge in [-0.05, 0) is 11.4 Å². The zero-order valence-electron chi connectivity index (χ0n) is 10.7. The number of rotatable bonds is 5. The SMILES string of the molecule is COC(=O)c1ccsc1NC(=O)CN(C)S(C)(=O)=O. The molecular formula is C10H14N2O5S2. The number of hydrogen-bond acceptors (Lipinski definition) is 6. The smallest absolute Gasteiger partial charge is 0.340 e. The molecule has 0 aliphatic rings. The zero-order chi connectivity index (χ0) is 14.6. The Morgan fingerprint density at radius 1 is 1.47 bits per heavy atom. The van der Waals surface area contributed by atoms with Crippen LogP contribution in [0.2, 0.25) is 0 Å². The number of hydrogen-bond donors (Lipinski definition) is 1. The molecular weight excluding hydrogens is 292 g/mol. The number of methoxy groups -OCH3 is 1. The summed E-state index contributed by atoms with van der Waals surface area (Å²) in [6.07, 6.45) is 1.01. The Bertz CT molecular complexity index is 578. The lowest BCUT2D eigenvalue weighted by Gasteiger charge is -2.13. The number of thiophene rings is 1. The van der Waals surface area contributed by atoms with E-state index >= 15 is 0 Å². The molecule has 1 rings (SSSR count). The molecule has 0 aliphatic heterocycles. The molecule has 9 heteroatoms. The van der Waals surface area contributed by atoms with Gasteiger partial charge in [-0.3, -0.25) is 4.79 Å². The maximum atomic E-state index is 11.7. The summed E-state index contributed by atoms with van der Waals surface area (Å²) in [5, 5.41) is 4.44. The van der Waals surface area contributed by atoms with Crippen molar-refractivity contribution in [2.45, 2.75) is 0 Å². The van der Waals surface area contributed by atoms with Crippen LogP contribution in [-0.4, -0.2) is 51.6 Å². The fourth-order valence-corrected chi connectivity index (χ4v) is 2.31. The number of nitrogens with zero attached hydrogens (tertiary/aromatic N) is 1. The van der Waals surface area contributed by atoms with Gasteiger partial charge in [0.2, 0.25) is 15.9 Å². The Morgan fingerprint density at radius 3 is 2.63 bits per heavy atom.